The van der Waals surface area contributed by atoms with Crippen molar-refractivity contribution in [2.24, 2.45) is 0 Å². The Kier molecular flexibility index (Phi) is 5.47. The molecule has 1 heterocycles. The molecule has 124 valence electrons. The van der Waals surface area contributed by atoms with E-state index in [2.05, 4.69) is 16.7 Å². The summed E-state index contributed by atoms with van der Waals surface area (Å²) in [5, 5.41) is 0. The summed E-state index contributed by atoms with van der Waals surface area (Å²) in [5.41, 5.74) is 1.96. The smallest absolute Gasteiger partial charge is 0.244 e. The number of likely N-dealkylation sites (tertiary alicyclic amines) is 1. The zero-order valence-electron chi connectivity index (χ0n) is 13.8. The lowest BCUT2D eigenvalue weighted by Crippen LogP contribution is -2.32. The highest BCUT2D eigenvalue weighted by molar-refractivity contribution is 7.89. The molecule has 2 rings (SSSR count). The highest BCUT2D eigenvalue weighted by Crippen LogP contribution is 2.27. The summed E-state index contributed by atoms with van der Waals surface area (Å²) in [7, 11) is 0.0474. The van der Waals surface area contributed by atoms with Gasteiger partial charge in [0, 0.05) is 12.6 Å². The van der Waals surface area contributed by atoms with Crippen molar-refractivity contribution in [1.82, 2.24) is 9.62 Å². The fourth-order valence-electron chi connectivity index (χ4n) is 2.91. The number of methoxy groups -OCH3 is 1. The molecule has 0 aromatic heterocycles. The molecule has 1 aromatic rings. The Bertz CT molecular complexity index is 629. The van der Waals surface area contributed by atoms with Gasteiger partial charge in [-0.25, -0.2) is 13.1 Å². The Morgan fingerprint density at radius 1 is 1.32 bits per heavy atom. The zero-order valence-corrected chi connectivity index (χ0v) is 14.7. The molecule has 1 atom stereocenters. The molecule has 1 aromatic carbocycles. The molecule has 0 spiro atoms. The van der Waals surface area contributed by atoms with Crippen molar-refractivity contribution in [1.29, 1.82) is 0 Å². The Balaban J connectivity index is 2.08. The first-order valence-corrected chi connectivity index (χ1v) is 9.18. The number of nitrogens with one attached hydrogen (secondary N) is 1. The van der Waals surface area contributed by atoms with Crippen molar-refractivity contribution < 1.29 is 13.2 Å². The Morgan fingerprint density at radius 3 is 2.59 bits per heavy atom. The summed E-state index contributed by atoms with van der Waals surface area (Å²) in [6.45, 7) is 5.40. The Labute approximate surface area is 133 Å². The molecule has 0 aliphatic carbocycles. The van der Waals surface area contributed by atoms with Gasteiger partial charge in [0.05, 0.1) is 7.11 Å². The van der Waals surface area contributed by atoms with Gasteiger partial charge in [-0.1, -0.05) is 0 Å². The van der Waals surface area contributed by atoms with Gasteiger partial charge in [-0.3, -0.25) is 0 Å². The molecular weight excluding hydrogens is 300 g/mol. The van der Waals surface area contributed by atoms with Gasteiger partial charge < -0.3 is 9.64 Å². The molecule has 6 heteroatoms. The Morgan fingerprint density at radius 2 is 2.00 bits per heavy atom. The van der Waals surface area contributed by atoms with Crippen molar-refractivity contribution in [3.63, 3.8) is 0 Å². The SMILES string of the molecule is COc1cc(C)c(C)cc1S(=O)(=O)NCCC1CCCN1C. The summed E-state index contributed by atoms with van der Waals surface area (Å²) < 4.78 is 33.0. The second-order valence-corrected chi connectivity index (χ2v) is 7.79. The highest BCUT2D eigenvalue weighted by Gasteiger charge is 2.23. The number of benzene rings is 1. The van der Waals surface area contributed by atoms with Crippen LogP contribution in [0.15, 0.2) is 17.0 Å². The van der Waals surface area contributed by atoms with Gasteiger partial charge in [0.1, 0.15) is 10.6 Å². The van der Waals surface area contributed by atoms with Gasteiger partial charge in [-0.15, -0.1) is 0 Å². The van der Waals surface area contributed by atoms with E-state index in [0.717, 1.165) is 30.5 Å². The van der Waals surface area contributed by atoms with Gasteiger partial charge in [0.2, 0.25) is 10.0 Å². The van der Waals surface area contributed by atoms with Crippen LogP contribution in [0.25, 0.3) is 0 Å². The molecule has 1 aliphatic rings. The maximum atomic E-state index is 12.5. The van der Waals surface area contributed by atoms with E-state index in [4.69, 9.17) is 4.74 Å². The van der Waals surface area contributed by atoms with Crippen molar-refractivity contribution in [3.8, 4) is 5.75 Å². The summed E-state index contributed by atoms with van der Waals surface area (Å²) >= 11 is 0. The lowest BCUT2D eigenvalue weighted by molar-refractivity contribution is 0.297. The van der Waals surface area contributed by atoms with Crippen molar-refractivity contribution in [2.45, 2.75) is 44.0 Å². The van der Waals surface area contributed by atoms with Gasteiger partial charge in [-0.2, -0.15) is 0 Å². The minimum Gasteiger partial charge on any atom is -0.495 e. The van der Waals surface area contributed by atoms with Crippen LogP contribution < -0.4 is 9.46 Å². The molecule has 1 fully saturated rings. The fourth-order valence-corrected chi connectivity index (χ4v) is 4.20. The summed E-state index contributed by atoms with van der Waals surface area (Å²) in [4.78, 5) is 2.52. The number of ether oxygens (including phenoxy) is 1. The van der Waals surface area contributed by atoms with Crippen LogP contribution in [0, 0.1) is 13.8 Å². The molecule has 0 bridgehead atoms. The highest BCUT2D eigenvalue weighted by atomic mass is 32.2. The van der Waals surface area contributed by atoms with E-state index in [1.54, 1.807) is 12.1 Å². The number of rotatable bonds is 6. The number of sulfonamides is 1. The molecule has 1 unspecified atom stereocenters. The standard InChI is InChI=1S/C16H26N2O3S/c1-12-10-15(21-4)16(11-13(12)2)22(19,20)17-8-7-14-6-5-9-18(14)3/h10-11,14,17H,5-9H2,1-4H3. The van der Waals surface area contributed by atoms with E-state index in [9.17, 15) is 8.42 Å². The monoisotopic (exact) mass is 326 g/mol. The lowest BCUT2D eigenvalue weighted by atomic mass is 10.1. The van der Waals surface area contributed by atoms with Crippen LogP contribution in [-0.4, -0.2) is 46.6 Å². The van der Waals surface area contributed by atoms with E-state index in [1.807, 2.05) is 13.8 Å². The first-order chi connectivity index (χ1) is 10.3. The largest absolute Gasteiger partial charge is 0.495 e. The average Bonchev–Trinajstić information content (AvgIpc) is 2.86. The number of aryl methyl sites for hydroxylation is 2. The van der Waals surface area contributed by atoms with Gasteiger partial charge in [-0.05, 0) is 70.0 Å². The van der Waals surface area contributed by atoms with E-state index in [0.29, 0.717) is 18.3 Å². The van der Waals surface area contributed by atoms with Crippen LogP contribution in [0.4, 0.5) is 0 Å². The van der Waals surface area contributed by atoms with Crippen LogP contribution in [0.2, 0.25) is 0 Å². The molecule has 0 radical (unpaired) electrons. The molecule has 1 saturated heterocycles. The van der Waals surface area contributed by atoms with E-state index in [1.165, 1.54) is 13.5 Å². The third-order valence-electron chi connectivity index (χ3n) is 4.51. The predicted octanol–water partition coefficient (Wildman–Crippen LogP) is 2.07. The normalized spacial score (nSPS) is 19.5. The molecular formula is C16H26N2O3S. The van der Waals surface area contributed by atoms with E-state index >= 15 is 0 Å². The molecule has 0 amide bonds. The van der Waals surface area contributed by atoms with Crippen molar-refractivity contribution >= 4 is 10.0 Å². The number of nitrogens with zero attached hydrogens (tertiary/aromatic N) is 1. The van der Waals surface area contributed by atoms with Crippen LogP contribution >= 0.6 is 0 Å². The van der Waals surface area contributed by atoms with Crippen LogP contribution in [-0.2, 0) is 10.0 Å². The molecule has 22 heavy (non-hydrogen) atoms. The van der Waals surface area contributed by atoms with Crippen LogP contribution in [0.3, 0.4) is 0 Å². The minimum absolute atomic E-state index is 0.220. The lowest BCUT2D eigenvalue weighted by Gasteiger charge is -2.19. The third-order valence-corrected chi connectivity index (χ3v) is 5.99. The van der Waals surface area contributed by atoms with Crippen LogP contribution in [0.1, 0.15) is 30.4 Å². The Hall–Kier alpha value is -1.11. The molecule has 1 aliphatic heterocycles. The summed E-state index contributed by atoms with van der Waals surface area (Å²) in [5.74, 6) is 0.397. The topological polar surface area (TPSA) is 58.6 Å². The third kappa shape index (κ3) is 3.80. The van der Waals surface area contributed by atoms with Gasteiger partial charge >= 0.3 is 0 Å². The first-order valence-electron chi connectivity index (χ1n) is 7.70. The van der Waals surface area contributed by atoms with Gasteiger partial charge in [0.25, 0.3) is 0 Å². The second kappa shape index (κ2) is 6.98. The maximum Gasteiger partial charge on any atom is 0.244 e. The van der Waals surface area contributed by atoms with E-state index < -0.39 is 10.0 Å². The summed E-state index contributed by atoms with van der Waals surface area (Å²) in [6, 6.07) is 3.93. The maximum absolute atomic E-state index is 12.5. The fraction of sp³-hybridized carbons (Fsp3) is 0.625. The van der Waals surface area contributed by atoms with Crippen LogP contribution in [0.5, 0.6) is 5.75 Å². The first kappa shape index (κ1) is 17.2. The number of hydrogen-bond donors (Lipinski definition) is 1. The molecule has 0 saturated carbocycles. The summed E-state index contributed by atoms with van der Waals surface area (Å²) in [6.07, 6.45) is 3.17. The molecule has 1 N–H and O–H groups in total. The second-order valence-electron chi connectivity index (χ2n) is 6.05. The number of hydrogen-bond acceptors (Lipinski definition) is 4. The van der Waals surface area contributed by atoms with E-state index in [-0.39, 0.29) is 4.90 Å². The zero-order chi connectivity index (χ0) is 16.3. The van der Waals surface area contributed by atoms with Crippen molar-refractivity contribution in [3.05, 3.63) is 23.3 Å². The average molecular weight is 326 g/mol. The quantitative estimate of drug-likeness (QED) is 0.869. The molecule has 5 nitrogen and oxygen atoms in total. The minimum atomic E-state index is -3.54. The van der Waals surface area contributed by atoms with Crippen molar-refractivity contribution in [2.75, 3.05) is 27.2 Å². The van der Waals surface area contributed by atoms with Gasteiger partial charge in [0.15, 0.2) is 0 Å². The predicted molar refractivity (Wildman–Crippen MR) is 87.9 cm³/mol.